The number of nitrogens with one attached hydrogen (secondary N) is 1. The summed E-state index contributed by atoms with van der Waals surface area (Å²) in [6.45, 7) is 0.254. The molecule has 0 aliphatic carbocycles. The van der Waals surface area contributed by atoms with E-state index >= 15 is 0 Å². The summed E-state index contributed by atoms with van der Waals surface area (Å²) < 4.78 is 13.6. The van der Waals surface area contributed by atoms with E-state index in [0.717, 1.165) is 6.07 Å². The first kappa shape index (κ1) is 13.5. The lowest BCUT2D eigenvalue weighted by atomic mass is 10.2. The van der Waals surface area contributed by atoms with Crippen LogP contribution in [0.25, 0.3) is 0 Å². The number of nitrogens with zero attached hydrogens (tertiary/aromatic N) is 2. The van der Waals surface area contributed by atoms with Crippen molar-refractivity contribution in [2.45, 2.75) is 6.54 Å². The first-order chi connectivity index (χ1) is 9.60. The molecule has 0 atom stereocenters. The average Bonchev–Trinajstić information content (AvgIpc) is 2.46. The van der Waals surface area contributed by atoms with Crippen molar-refractivity contribution in [3.8, 4) is 6.07 Å². The van der Waals surface area contributed by atoms with Gasteiger partial charge in [0.15, 0.2) is 0 Å². The number of anilines is 1. The fourth-order valence-corrected chi connectivity index (χ4v) is 1.71. The van der Waals surface area contributed by atoms with Gasteiger partial charge >= 0.3 is 0 Å². The third-order valence-electron chi connectivity index (χ3n) is 2.70. The van der Waals surface area contributed by atoms with Gasteiger partial charge in [0.05, 0.1) is 22.2 Å². The number of nitriles is 1. The summed E-state index contributed by atoms with van der Waals surface area (Å²) in [5.41, 5.74) is 1.14. The summed E-state index contributed by atoms with van der Waals surface area (Å²) >= 11 is 0. The van der Waals surface area contributed by atoms with Crippen LogP contribution in [0.4, 0.5) is 15.8 Å². The molecular formula is C14H10FN3O2. The predicted octanol–water partition coefficient (Wildman–Crippen LogP) is 3.22. The van der Waals surface area contributed by atoms with Crippen LogP contribution in [0, 0.1) is 27.3 Å². The Balaban J connectivity index is 2.11. The molecule has 0 amide bonds. The molecule has 0 spiro atoms. The normalized spacial score (nSPS) is 9.80. The quantitative estimate of drug-likeness (QED) is 0.684. The lowest BCUT2D eigenvalue weighted by Crippen LogP contribution is -2.02. The van der Waals surface area contributed by atoms with E-state index in [-0.39, 0.29) is 23.5 Å². The maximum absolute atomic E-state index is 13.6. The lowest BCUT2D eigenvalue weighted by molar-refractivity contribution is -0.384. The highest BCUT2D eigenvalue weighted by Crippen LogP contribution is 2.18. The molecule has 20 heavy (non-hydrogen) atoms. The Morgan fingerprint density at radius 1 is 1.30 bits per heavy atom. The molecule has 100 valence electrons. The van der Waals surface area contributed by atoms with E-state index in [2.05, 4.69) is 5.32 Å². The molecule has 0 fully saturated rings. The molecule has 2 rings (SSSR count). The number of non-ortho nitro benzene ring substituents is 1. The highest BCUT2D eigenvalue weighted by atomic mass is 19.1. The van der Waals surface area contributed by atoms with E-state index in [4.69, 9.17) is 5.26 Å². The van der Waals surface area contributed by atoms with Crippen LogP contribution in [0.15, 0.2) is 42.5 Å². The minimum absolute atomic E-state index is 0.00963. The second-order valence-electron chi connectivity index (χ2n) is 4.09. The van der Waals surface area contributed by atoms with E-state index in [9.17, 15) is 14.5 Å². The van der Waals surface area contributed by atoms with Crippen molar-refractivity contribution < 1.29 is 9.31 Å². The number of benzene rings is 2. The van der Waals surface area contributed by atoms with E-state index in [0.29, 0.717) is 5.56 Å². The van der Waals surface area contributed by atoms with Crippen LogP contribution >= 0.6 is 0 Å². The van der Waals surface area contributed by atoms with Crippen LogP contribution in [0.3, 0.4) is 0 Å². The van der Waals surface area contributed by atoms with Crippen molar-refractivity contribution in [3.63, 3.8) is 0 Å². The second kappa shape index (κ2) is 5.80. The Morgan fingerprint density at radius 3 is 2.75 bits per heavy atom. The molecule has 0 saturated heterocycles. The predicted molar refractivity (Wildman–Crippen MR) is 71.5 cm³/mol. The maximum atomic E-state index is 13.6. The minimum Gasteiger partial charge on any atom is -0.379 e. The van der Waals surface area contributed by atoms with Crippen molar-refractivity contribution in [2.75, 3.05) is 5.32 Å². The van der Waals surface area contributed by atoms with Crippen molar-refractivity contribution in [1.29, 1.82) is 5.26 Å². The van der Waals surface area contributed by atoms with Crippen LogP contribution in [0.5, 0.6) is 0 Å². The van der Waals surface area contributed by atoms with Crippen molar-refractivity contribution >= 4 is 11.4 Å². The molecule has 0 heterocycles. The zero-order valence-corrected chi connectivity index (χ0v) is 10.3. The van der Waals surface area contributed by atoms with Gasteiger partial charge in [0.25, 0.3) is 5.69 Å². The van der Waals surface area contributed by atoms with Crippen LogP contribution in [0.1, 0.15) is 11.1 Å². The largest absolute Gasteiger partial charge is 0.379 e. The number of rotatable bonds is 4. The van der Waals surface area contributed by atoms with E-state index < -0.39 is 10.7 Å². The summed E-state index contributed by atoms with van der Waals surface area (Å²) in [6, 6.07) is 12.0. The van der Waals surface area contributed by atoms with Gasteiger partial charge < -0.3 is 5.32 Å². The average molecular weight is 271 g/mol. The maximum Gasteiger partial charge on any atom is 0.269 e. The lowest BCUT2D eigenvalue weighted by Gasteiger charge is -2.07. The number of hydrogen-bond donors (Lipinski definition) is 1. The van der Waals surface area contributed by atoms with Crippen LogP contribution in [0.2, 0.25) is 0 Å². The van der Waals surface area contributed by atoms with Crippen LogP contribution < -0.4 is 5.32 Å². The first-order valence-corrected chi connectivity index (χ1v) is 5.77. The molecule has 2 aromatic rings. The van der Waals surface area contributed by atoms with Gasteiger partial charge in [0.2, 0.25) is 0 Å². The molecule has 1 N–H and O–H groups in total. The molecule has 0 aliphatic rings. The fourth-order valence-electron chi connectivity index (χ4n) is 1.71. The number of nitro benzene ring substituents is 1. The molecule has 0 aliphatic heterocycles. The Hall–Kier alpha value is -2.94. The van der Waals surface area contributed by atoms with Gasteiger partial charge in [0.1, 0.15) is 5.82 Å². The molecule has 2 aromatic carbocycles. The van der Waals surface area contributed by atoms with Crippen molar-refractivity contribution in [2.24, 2.45) is 0 Å². The molecule has 0 unspecified atom stereocenters. The minimum atomic E-state index is -0.533. The third kappa shape index (κ3) is 3.09. The molecule has 5 nitrogen and oxygen atoms in total. The monoisotopic (exact) mass is 271 g/mol. The highest BCUT2D eigenvalue weighted by molar-refractivity contribution is 5.49. The molecule has 0 aromatic heterocycles. The van der Waals surface area contributed by atoms with Gasteiger partial charge in [-0.2, -0.15) is 5.26 Å². The SMILES string of the molecule is N#Cc1ccc(NCc2cccc([N+](=O)[O-])c2)c(F)c1. The van der Waals surface area contributed by atoms with Crippen molar-refractivity contribution in [3.05, 3.63) is 69.5 Å². The van der Waals surface area contributed by atoms with E-state index in [1.165, 1.54) is 24.3 Å². The molecule has 0 radical (unpaired) electrons. The zero-order valence-electron chi connectivity index (χ0n) is 10.3. The summed E-state index contributed by atoms with van der Waals surface area (Å²) in [5, 5.41) is 22.1. The molecule has 0 bridgehead atoms. The van der Waals surface area contributed by atoms with Gasteiger partial charge in [0, 0.05) is 18.7 Å². The summed E-state index contributed by atoms with van der Waals surface area (Å²) in [7, 11) is 0. The Kier molecular flexibility index (Phi) is 3.91. The van der Waals surface area contributed by atoms with Gasteiger partial charge in [-0.25, -0.2) is 4.39 Å². The van der Waals surface area contributed by atoms with Crippen LogP contribution in [-0.4, -0.2) is 4.92 Å². The third-order valence-corrected chi connectivity index (χ3v) is 2.70. The van der Waals surface area contributed by atoms with Gasteiger partial charge in [-0.3, -0.25) is 10.1 Å². The van der Waals surface area contributed by atoms with Crippen molar-refractivity contribution in [1.82, 2.24) is 0 Å². The Morgan fingerprint density at radius 2 is 2.10 bits per heavy atom. The second-order valence-corrected chi connectivity index (χ2v) is 4.09. The van der Waals surface area contributed by atoms with Gasteiger partial charge in [-0.1, -0.05) is 12.1 Å². The Bertz CT molecular complexity index is 695. The standard InChI is InChI=1S/C14H10FN3O2/c15-13-7-10(8-16)4-5-14(13)17-9-11-2-1-3-12(6-11)18(19)20/h1-7,17H,9H2. The number of nitro groups is 1. The number of hydrogen-bond acceptors (Lipinski definition) is 4. The summed E-state index contributed by atoms with van der Waals surface area (Å²) in [6.07, 6.45) is 0. The molecular weight excluding hydrogens is 261 g/mol. The first-order valence-electron chi connectivity index (χ1n) is 5.77. The zero-order chi connectivity index (χ0) is 14.5. The fraction of sp³-hybridized carbons (Fsp3) is 0.0714. The Labute approximate surface area is 114 Å². The molecule has 6 heteroatoms. The highest BCUT2D eigenvalue weighted by Gasteiger charge is 2.07. The number of halogens is 1. The van der Waals surface area contributed by atoms with E-state index in [1.807, 2.05) is 6.07 Å². The topological polar surface area (TPSA) is 79.0 Å². The van der Waals surface area contributed by atoms with E-state index in [1.54, 1.807) is 12.1 Å². The van der Waals surface area contributed by atoms with Gasteiger partial charge in [-0.05, 0) is 23.8 Å². The molecule has 0 saturated carbocycles. The smallest absolute Gasteiger partial charge is 0.269 e. The summed E-state index contributed by atoms with van der Waals surface area (Å²) in [5.74, 6) is -0.533. The summed E-state index contributed by atoms with van der Waals surface area (Å²) in [4.78, 5) is 10.2. The van der Waals surface area contributed by atoms with Crippen LogP contribution in [-0.2, 0) is 6.54 Å². The van der Waals surface area contributed by atoms with Gasteiger partial charge in [-0.15, -0.1) is 0 Å².